The molecule has 1 aliphatic heterocycles. The molecule has 0 bridgehead atoms. The monoisotopic (exact) mass is 646 g/mol. The number of hydrogen-bond donors (Lipinski definition) is 0. The summed E-state index contributed by atoms with van der Waals surface area (Å²) in [4.78, 5) is 4.65. The SMILES string of the molecule is CC(C)c1ccc(C2=CC(c3ccccc3)=NC2)cc1.CC(C)c1ccc(OCc2cc(-c3cccc(Oc4ccccc4)c3)no2)cc1. The smallest absolute Gasteiger partial charge is 0.174 e. The zero-order valence-electron chi connectivity index (χ0n) is 28.5. The van der Waals surface area contributed by atoms with Crippen molar-refractivity contribution in [2.45, 2.75) is 46.1 Å². The third kappa shape index (κ3) is 9.02. The van der Waals surface area contributed by atoms with Gasteiger partial charge in [-0.1, -0.05) is 130 Å². The highest BCUT2D eigenvalue weighted by atomic mass is 16.5. The summed E-state index contributed by atoms with van der Waals surface area (Å²) in [5.74, 6) is 4.11. The van der Waals surface area contributed by atoms with Gasteiger partial charge in [-0.05, 0) is 82.1 Å². The van der Waals surface area contributed by atoms with E-state index in [-0.39, 0.29) is 0 Å². The number of nitrogens with zero attached hydrogens (tertiary/aromatic N) is 2. The Hall–Kier alpha value is -5.68. The first-order valence-corrected chi connectivity index (χ1v) is 16.8. The van der Waals surface area contributed by atoms with Crippen molar-refractivity contribution in [3.8, 4) is 28.5 Å². The molecule has 7 rings (SSSR count). The van der Waals surface area contributed by atoms with Crippen LogP contribution in [0, 0.1) is 0 Å². The third-order valence-corrected chi connectivity index (χ3v) is 8.34. The van der Waals surface area contributed by atoms with E-state index in [1.807, 2.05) is 78.9 Å². The highest BCUT2D eigenvalue weighted by molar-refractivity contribution is 6.14. The standard InChI is InChI=1S/C25H23NO3.C19H19N/c1-18(2)19-11-13-21(14-12-19)27-17-24-16-25(26-29-24)20-7-6-10-23(15-20)28-22-8-4-3-5-9-22;1-14(2)15-8-10-16(11-9-15)18-12-19(20-13-18)17-6-4-3-5-7-17/h3-16,18H,17H2,1-2H3;3-12,14H,13H2,1-2H3. The van der Waals surface area contributed by atoms with E-state index in [2.05, 4.69) is 105 Å². The zero-order valence-corrected chi connectivity index (χ0v) is 28.5. The molecule has 5 nitrogen and oxygen atoms in total. The second-order valence-electron chi connectivity index (χ2n) is 12.6. The highest BCUT2D eigenvalue weighted by Gasteiger charge is 2.12. The van der Waals surface area contributed by atoms with E-state index in [0.717, 1.165) is 40.8 Å². The molecule has 1 aromatic heterocycles. The van der Waals surface area contributed by atoms with Crippen LogP contribution in [0.15, 0.2) is 155 Å². The van der Waals surface area contributed by atoms with Crippen molar-refractivity contribution in [2.75, 3.05) is 6.54 Å². The van der Waals surface area contributed by atoms with Gasteiger partial charge in [-0.3, -0.25) is 4.99 Å². The first-order chi connectivity index (χ1) is 23.9. The number of aromatic nitrogens is 1. The van der Waals surface area contributed by atoms with Gasteiger partial charge in [0.25, 0.3) is 0 Å². The molecule has 0 amide bonds. The van der Waals surface area contributed by atoms with Crippen molar-refractivity contribution in [1.29, 1.82) is 0 Å². The second kappa shape index (κ2) is 15.9. The fourth-order valence-corrected chi connectivity index (χ4v) is 5.43. The Morgan fingerprint density at radius 1 is 0.592 bits per heavy atom. The highest BCUT2D eigenvalue weighted by Crippen LogP contribution is 2.28. The van der Waals surface area contributed by atoms with Crippen LogP contribution in [0.4, 0.5) is 0 Å². The maximum absolute atomic E-state index is 5.90. The number of rotatable bonds is 10. The quantitative estimate of drug-likeness (QED) is 0.149. The average molecular weight is 647 g/mol. The lowest BCUT2D eigenvalue weighted by Crippen LogP contribution is -1.94. The van der Waals surface area contributed by atoms with Crippen LogP contribution >= 0.6 is 0 Å². The summed E-state index contributed by atoms with van der Waals surface area (Å²) >= 11 is 0. The van der Waals surface area contributed by atoms with Crippen molar-refractivity contribution in [3.63, 3.8) is 0 Å². The van der Waals surface area contributed by atoms with E-state index in [1.165, 1.54) is 27.8 Å². The minimum atomic E-state index is 0.328. The van der Waals surface area contributed by atoms with Gasteiger partial charge in [0.15, 0.2) is 5.76 Å². The molecule has 246 valence electrons. The van der Waals surface area contributed by atoms with E-state index in [9.17, 15) is 0 Å². The molecule has 0 spiro atoms. The van der Waals surface area contributed by atoms with Crippen molar-refractivity contribution in [1.82, 2.24) is 5.16 Å². The maximum Gasteiger partial charge on any atom is 0.174 e. The van der Waals surface area contributed by atoms with Crippen LogP contribution in [0.3, 0.4) is 0 Å². The first-order valence-electron chi connectivity index (χ1n) is 16.8. The number of ether oxygens (including phenoxy) is 2. The Labute approximate surface area is 289 Å². The molecule has 0 saturated heterocycles. The van der Waals surface area contributed by atoms with Gasteiger partial charge < -0.3 is 14.0 Å². The number of hydrogen-bond acceptors (Lipinski definition) is 5. The Bertz CT molecular complexity index is 1990. The molecule has 2 heterocycles. The first kappa shape index (κ1) is 33.2. The molecule has 0 atom stereocenters. The topological polar surface area (TPSA) is 56.9 Å². The predicted molar refractivity (Wildman–Crippen MR) is 200 cm³/mol. The molecule has 5 aromatic carbocycles. The normalized spacial score (nSPS) is 12.3. The Morgan fingerprint density at radius 2 is 1.20 bits per heavy atom. The van der Waals surface area contributed by atoms with Crippen LogP contribution in [0.25, 0.3) is 16.8 Å². The number of benzene rings is 5. The lowest BCUT2D eigenvalue weighted by molar-refractivity contribution is 0.249. The van der Waals surface area contributed by atoms with Gasteiger partial charge in [-0.25, -0.2) is 0 Å². The number of para-hydroxylation sites is 1. The molecule has 5 heteroatoms. The Balaban J connectivity index is 0.000000182. The van der Waals surface area contributed by atoms with Gasteiger partial charge in [-0.2, -0.15) is 0 Å². The molecule has 0 N–H and O–H groups in total. The minimum absolute atomic E-state index is 0.328. The molecule has 0 saturated carbocycles. The van der Waals surface area contributed by atoms with Crippen molar-refractivity contribution < 1.29 is 14.0 Å². The Kier molecular flexibility index (Phi) is 10.8. The van der Waals surface area contributed by atoms with E-state index in [1.54, 1.807) is 0 Å². The lowest BCUT2D eigenvalue weighted by Gasteiger charge is -2.07. The molecule has 0 radical (unpaired) electrons. The molecular formula is C44H42N2O3. The van der Waals surface area contributed by atoms with Crippen LogP contribution in [-0.2, 0) is 6.61 Å². The number of aliphatic imine (C=N–C) groups is 1. The third-order valence-electron chi connectivity index (χ3n) is 8.34. The van der Waals surface area contributed by atoms with Crippen LogP contribution in [0.2, 0.25) is 0 Å². The van der Waals surface area contributed by atoms with Gasteiger partial charge >= 0.3 is 0 Å². The van der Waals surface area contributed by atoms with E-state index in [0.29, 0.717) is 24.2 Å². The van der Waals surface area contributed by atoms with Gasteiger partial charge in [0.1, 0.15) is 29.5 Å². The van der Waals surface area contributed by atoms with Crippen molar-refractivity contribution in [3.05, 3.63) is 174 Å². The van der Waals surface area contributed by atoms with Crippen molar-refractivity contribution in [2.24, 2.45) is 4.99 Å². The fourth-order valence-electron chi connectivity index (χ4n) is 5.43. The van der Waals surface area contributed by atoms with E-state index >= 15 is 0 Å². The van der Waals surface area contributed by atoms with Crippen LogP contribution < -0.4 is 9.47 Å². The Morgan fingerprint density at radius 3 is 1.88 bits per heavy atom. The molecule has 1 aliphatic rings. The molecule has 0 aliphatic carbocycles. The van der Waals surface area contributed by atoms with Gasteiger partial charge in [0.05, 0.1) is 12.3 Å². The van der Waals surface area contributed by atoms with Gasteiger partial charge in [0.2, 0.25) is 0 Å². The summed E-state index contributed by atoms with van der Waals surface area (Å²) in [6, 6.07) is 46.7. The summed E-state index contributed by atoms with van der Waals surface area (Å²) in [5.41, 5.74) is 9.22. The predicted octanol–water partition coefficient (Wildman–Crippen LogP) is 11.5. The average Bonchev–Trinajstić information content (AvgIpc) is 3.83. The molecule has 6 aromatic rings. The van der Waals surface area contributed by atoms with E-state index < -0.39 is 0 Å². The van der Waals surface area contributed by atoms with Gasteiger partial charge in [-0.15, -0.1) is 0 Å². The molecule has 0 unspecified atom stereocenters. The maximum atomic E-state index is 5.90. The van der Waals surface area contributed by atoms with Crippen LogP contribution in [-0.4, -0.2) is 17.4 Å². The van der Waals surface area contributed by atoms with Crippen LogP contribution in [0.1, 0.15) is 67.5 Å². The summed E-state index contributed by atoms with van der Waals surface area (Å²) in [6.07, 6.45) is 2.21. The van der Waals surface area contributed by atoms with Crippen molar-refractivity contribution >= 4 is 11.3 Å². The zero-order chi connectivity index (χ0) is 34.0. The lowest BCUT2D eigenvalue weighted by atomic mass is 9.98. The number of allylic oxidation sites excluding steroid dienone is 1. The summed E-state index contributed by atoms with van der Waals surface area (Å²) < 4.78 is 17.2. The fraction of sp³-hybridized carbons (Fsp3) is 0.182. The molecule has 49 heavy (non-hydrogen) atoms. The summed E-state index contributed by atoms with van der Waals surface area (Å²) in [7, 11) is 0. The summed E-state index contributed by atoms with van der Waals surface area (Å²) in [6.45, 7) is 9.90. The van der Waals surface area contributed by atoms with Gasteiger partial charge in [0, 0.05) is 11.6 Å². The largest absolute Gasteiger partial charge is 0.486 e. The van der Waals surface area contributed by atoms with E-state index in [4.69, 9.17) is 14.0 Å². The van der Waals surface area contributed by atoms with Crippen LogP contribution in [0.5, 0.6) is 17.2 Å². The second-order valence-corrected chi connectivity index (χ2v) is 12.6. The summed E-state index contributed by atoms with van der Waals surface area (Å²) in [5, 5.41) is 4.17. The molecule has 0 fully saturated rings. The minimum Gasteiger partial charge on any atom is -0.486 e. The molecular weight excluding hydrogens is 604 g/mol.